The molecule has 8 heteroatoms. The van der Waals surface area contributed by atoms with E-state index in [0.717, 1.165) is 0 Å². The second kappa shape index (κ2) is 8.81. The first-order chi connectivity index (χ1) is 13.9. The molecule has 2 N–H and O–H groups in total. The molecular formula is C21H19Cl2NO5. The van der Waals surface area contributed by atoms with Gasteiger partial charge in [-0.15, -0.1) is 6.42 Å². The molecule has 152 valence electrons. The Balaban J connectivity index is 2.16. The van der Waals surface area contributed by atoms with Gasteiger partial charge in [0.1, 0.15) is 17.9 Å². The van der Waals surface area contributed by atoms with Gasteiger partial charge in [0, 0.05) is 18.4 Å². The minimum Gasteiger partial charge on any atom is -0.478 e. The fraction of sp³-hybridized carbons (Fsp3) is 0.333. The van der Waals surface area contributed by atoms with Gasteiger partial charge in [0.25, 0.3) is 0 Å². The number of rotatable bonds is 5. The smallest absolute Gasteiger partial charge is 0.340 e. The van der Waals surface area contributed by atoms with Gasteiger partial charge in [0.2, 0.25) is 5.88 Å². The Labute approximate surface area is 178 Å². The van der Waals surface area contributed by atoms with E-state index in [4.69, 9.17) is 49.6 Å². The molecule has 1 aliphatic carbocycles. The largest absolute Gasteiger partial charge is 0.478 e. The summed E-state index contributed by atoms with van der Waals surface area (Å²) in [5.74, 6) is 1.33. The molecule has 3 rings (SSSR count). The van der Waals surface area contributed by atoms with Crippen LogP contribution < -0.4 is 10.5 Å². The molecular weight excluding hydrogens is 417 g/mol. The Hall–Kier alpha value is -2.62. The number of halogens is 2. The molecule has 29 heavy (non-hydrogen) atoms. The lowest BCUT2D eigenvalue weighted by molar-refractivity contribution is -0.139. The number of hydrogen-bond donors (Lipinski definition) is 1. The molecule has 0 spiro atoms. The van der Waals surface area contributed by atoms with Crippen LogP contribution in [0.2, 0.25) is 10.0 Å². The molecule has 0 saturated carbocycles. The summed E-state index contributed by atoms with van der Waals surface area (Å²) in [7, 11) is 0. The third kappa shape index (κ3) is 4.07. The fourth-order valence-electron chi connectivity index (χ4n) is 3.50. The normalized spacial score (nSPS) is 18.7. The van der Waals surface area contributed by atoms with Gasteiger partial charge in [-0.1, -0.05) is 29.1 Å². The Morgan fingerprint density at radius 1 is 1.34 bits per heavy atom. The quantitative estimate of drug-likeness (QED) is 0.557. The van der Waals surface area contributed by atoms with Crippen molar-refractivity contribution in [2.24, 2.45) is 5.73 Å². The van der Waals surface area contributed by atoms with Crippen molar-refractivity contribution in [2.75, 3.05) is 13.2 Å². The van der Waals surface area contributed by atoms with Crippen LogP contribution in [0.4, 0.5) is 0 Å². The van der Waals surface area contributed by atoms with Crippen LogP contribution in [0.25, 0.3) is 0 Å². The average Bonchev–Trinajstić information content (AvgIpc) is 2.66. The Morgan fingerprint density at radius 3 is 2.66 bits per heavy atom. The van der Waals surface area contributed by atoms with Gasteiger partial charge in [0.15, 0.2) is 11.5 Å². The van der Waals surface area contributed by atoms with Crippen molar-refractivity contribution in [2.45, 2.75) is 32.1 Å². The summed E-state index contributed by atoms with van der Waals surface area (Å²) in [6, 6.07) is 3.16. The maximum absolute atomic E-state index is 12.8. The van der Waals surface area contributed by atoms with Crippen LogP contribution in [0.15, 0.2) is 34.9 Å². The molecule has 1 aromatic rings. The van der Waals surface area contributed by atoms with Gasteiger partial charge in [-0.25, -0.2) is 4.79 Å². The third-order valence-electron chi connectivity index (χ3n) is 4.63. The number of benzene rings is 1. The Bertz CT molecular complexity index is 951. The van der Waals surface area contributed by atoms with E-state index in [0.29, 0.717) is 36.2 Å². The van der Waals surface area contributed by atoms with Crippen LogP contribution in [-0.4, -0.2) is 25.0 Å². The molecule has 1 heterocycles. The molecule has 0 fully saturated rings. The minimum absolute atomic E-state index is 0.00916. The molecule has 1 atom stereocenters. The van der Waals surface area contributed by atoms with Crippen LogP contribution in [0, 0.1) is 12.3 Å². The van der Waals surface area contributed by atoms with Crippen LogP contribution in [0.5, 0.6) is 5.75 Å². The van der Waals surface area contributed by atoms with Crippen LogP contribution in [-0.2, 0) is 19.1 Å². The number of Topliss-reactive ketones (excluding diaryl/α,β-unsaturated/α-hetero) is 1. The number of allylic oxidation sites excluding steroid dienone is 2. The van der Waals surface area contributed by atoms with Crippen molar-refractivity contribution in [1.29, 1.82) is 0 Å². The second-order valence-corrected chi connectivity index (χ2v) is 7.27. The number of terminal acetylenes is 1. The van der Waals surface area contributed by atoms with Crippen molar-refractivity contribution >= 4 is 35.0 Å². The number of esters is 1. The molecule has 0 bridgehead atoms. The topological polar surface area (TPSA) is 87.8 Å². The molecule has 0 amide bonds. The van der Waals surface area contributed by atoms with Crippen molar-refractivity contribution in [1.82, 2.24) is 0 Å². The minimum atomic E-state index is -0.803. The van der Waals surface area contributed by atoms with E-state index >= 15 is 0 Å². The average molecular weight is 436 g/mol. The number of hydrogen-bond acceptors (Lipinski definition) is 6. The summed E-state index contributed by atoms with van der Waals surface area (Å²) in [6.45, 7) is 1.81. The highest BCUT2D eigenvalue weighted by Crippen LogP contribution is 2.46. The summed E-state index contributed by atoms with van der Waals surface area (Å²) < 4.78 is 16.2. The fourth-order valence-corrected chi connectivity index (χ4v) is 4.11. The van der Waals surface area contributed by atoms with Crippen molar-refractivity contribution in [3.8, 4) is 18.1 Å². The summed E-state index contributed by atoms with van der Waals surface area (Å²) in [5.41, 5.74) is 6.98. The zero-order chi connectivity index (χ0) is 21.1. The SMILES string of the molecule is C#CCOc1c(Cl)cc([C@H]2C(C(=O)OCC)=C(N)OC3=C2C(=O)CCC3)cc1Cl. The first kappa shape index (κ1) is 21.1. The summed E-state index contributed by atoms with van der Waals surface area (Å²) in [5, 5.41) is 0.392. The third-order valence-corrected chi connectivity index (χ3v) is 5.20. The van der Waals surface area contributed by atoms with Gasteiger partial charge in [0.05, 0.1) is 22.6 Å². The zero-order valence-electron chi connectivity index (χ0n) is 15.7. The molecule has 6 nitrogen and oxygen atoms in total. The van der Waals surface area contributed by atoms with Crippen molar-refractivity contribution < 1.29 is 23.8 Å². The monoisotopic (exact) mass is 435 g/mol. The van der Waals surface area contributed by atoms with Gasteiger partial charge in [-0.05, 0) is 31.0 Å². The molecule has 0 aromatic heterocycles. The summed E-state index contributed by atoms with van der Waals surface area (Å²) in [4.78, 5) is 25.4. The molecule has 0 radical (unpaired) electrons. The first-order valence-corrected chi connectivity index (χ1v) is 9.80. The number of carbonyl (C=O) groups excluding carboxylic acids is 2. The predicted molar refractivity (Wildman–Crippen MR) is 108 cm³/mol. The standard InChI is InChI=1S/C21H19Cl2NO5/c1-3-8-28-19-12(22)9-11(10-13(19)23)16-17-14(25)6-5-7-15(17)29-20(24)18(16)21(26)27-4-2/h1,9-10,16H,4-8,24H2,2H3/t16-/m1/s1. The van der Waals surface area contributed by atoms with E-state index in [1.165, 1.54) is 0 Å². The number of ketones is 1. The lowest BCUT2D eigenvalue weighted by Gasteiger charge is -2.32. The number of ether oxygens (including phenoxy) is 3. The van der Waals surface area contributed by atoms with Gasteiger partial charge in [-0.3, -0.25) is 4.79 Å². The molecule has 0 unspecified atom stereocenters. The van der Waals surface area contributed by atoms with Crippen LogP contribution >= 0.6 is 23.2 Å². The van der Waals surface area contributed by atoms with Gasteiger partial charge in [-0.2, -0.15) is 0 Å². The van der Waals surface area contributed by atoms with E-state index < -0.39 is 11.9 Å². The first-order valence-electron chi connectivity index (χ1n) is 9.05. The van der Waals surface area contributed by atoms with Crippen molar-refractivity contribution in [3.63, 3.8) is 0 Å². The molecule has 2 aliphatic rings. The summed E-state index contributed by atoms with van der Waals surface area (Å²) in [6.07, 6.45) is 6.75. The lowest BCUT2D eigenvalue weighted by Crippen LogP contribution is -2.31. The maximum atomic E-state index is 12.8. The van der Waals surface area contributed by atoms with E-state index in [1.54, 1.807) is 19.1 Å². The molecule has 1 aromatic carbocycles. The summed E-state index contributed by atoms with van der Waals surface area (Å²) >= 11 is 12.7. The second-order valence-electron chi connectivity index (χ2n) is 6.45. The lowest BCUT2D eigenvalue weighted by atomic mass is 9.77. The van der Waals surface area contributed by atoms with Gasteiger partial charge < -0.3 is 19.9 Å². The molecule has 1 aliphatic heterocycles. The Kier molecular flexibility index (Phi) is 6.41. The number of nitrogens with two attached hydrogens (primary N) is 1. The van der Waals surface area contributed by atoms with E-state index in [-0.39, 0.29) is 46.2 Å². The number of carbonyl (C=O) groups is 2. The Morgan fingerprint density at radius 2 is 2.03 bits per heavy atom. The van der Waals surface area contributed by atoms with E-state index in [2.05, 4.69) is 5.92 Å². The van der Waals surface area contributed by atoms with Crippen LogP contribution in [0.3, 0.4) is 0 Å². The predicted octanol–water partition coefficient (Wildman–Crippen LogP) is 3.86. The highest BCUT2D eigenvalue weighted by Gasteiger charge is 2.41. The maximum Gasteiger partial charge on any atom is 0.340 e. The van der Waals surface area contributed by atoms with Crippen LogP contribution in [0.1, 0.15) is 37.7 Å². The highest BCUT2D eigenvalue weighted by atomic mass is 35.5. The van der Waals surface area contributed by atoms with E-state index in [9.17, 15) is 9.59 Å². The molecule has 0 saturated heterocycles. The highest BCUT2D eigenvalue weighted by molar-refractivity contribution is 6.37. The zero-order valence-corrected chi connectivity index (χ0v) is 17.2. The van der Waals surface area contributed by atoms with E-state index in [1.807, 2.05) is 0 Å². The van der Waals surface area contributed by atoms with Gasteiger partial charge >= 0.3 is 5.97 Å². The van der Waals surface area contributed by atoms with Crippen molar-refractivity contribution in [3.05, 3.63) is 50.5 Å².